The highest BCUT2D eigenvalue weighted by Crippen LogP contribution is 2.13. The van der Waals surface area contributed by atoms with E-state index in [4.69, 9.17) is 28.4 Å². The lowest BCUT2D eigenvalue weighted by atomic mass is 10.1. The minimum absolute atomic E-state index is 0.335. The van der Waals surface area contributed by atoms with Crippen molar-refractivity contribution in [3.63, 3.8) is 0 Å². The Labute approximate surface area is 173 Å². The van der Waals surface area contributed by atoms with Gasteiger partial charge in [0.2, 0.25) is 0 Å². The summed E-state index contributed by atoms with van der Waals surface area (Å²) in [6.07, 6.45) is -4.17. The van der Waals surface area contributed by atoms with E-state index in [9.17, 15) is 28.8 Å². The normalized spacial score (nSPS) is 13.1. The summed E-state index contributed by atoms with van der Waals surface area (Å²) in [7, 11) is 0. The topological polar surface area (TPSA) is 158 Å². The Hall–Kier alpha value is -3.18. The van der Waals surface area contributed by atoms with E-state index in [1.165, 1.54) is 0 Å². The standard InChI is InChI=1S/C18H26O12/c1-10(19)25-7-15(28-12(3)21)8-27-18(24)6-16(29-13(4)22)17(30-14(5)23)9-26-11(2)20/h15-17H,6-9H2,1-5H3. The zero-order chi connectivity index (χ0) is 23.3. The molecule has 12 heteroatoms. The quantitative estimate of drug-likeness (QED) is 0.296. The number of hydrogen-bond acceptors (Lipinski definition) is 12. The molecule has 0 spiro atoms. The third kappa shape index (κ3) is 13.9. The molecule has 3 atom stereocenters. The van der Waals surface area contributed by atoms with E-state index in [0.717, 1.165) is 34.6 Å². The van der Waals surface area contributed by atoms with Gasteiger partial charge in [0.25, 0.3) is 0 Å². The number of esters is 6. The fourth-order valence-corrected chi connectivity index (χ4v) is 2.06. The molecule has 30 heavy (non-hydrogen) atoms. The van der Waals surface area contributed by atoms with Gasteiger partial charge in [-0.2, -0.15) is 0 Å². The Morgan fingerprint density at radius 3 is 1.43 bits per heavy atom. The van der Waals surface area contributed by atoms with E-state index in [2.05, 4.69) is 0 Å². The second kappa shape index (κ2) is 13.9. The van der Waals surface area contributed by atoms with Gasteiger partial charge in [-0.3, -0.25) is 28.8 Å². The van der Waals surface area contributed by atoms with Crippen LogP contribution in [0.25, 0.3) is 0 Å². The van der Waals surface area contributed by atoms with E-state index < -0.39 is 73.8 Å². The molecule has 0 aliphatic carbocycles. The predicted molar refractivity (Wildman–Crippen MR) is 95.5 cm³/mol. The Morgan fingerprint density at radius 2 is 0.967 bits per heavy atom. The third-order valence-electron chi connectivity index (χ3n) is 3.10. The molecular formula is C18H26O12. The van der Waals surface area contributed by atoms with Gasteiger partial charge in [0.15, 0.2) is 18.3 Å². The average Bonchev–Trinajstić information content (AvgIpc) is 2.59. The Kier molecular flexibility index (Phi) is 12.4. The van der Waals surface area contributed by atoms with Crippen LogP contribution in [0.15, 0.2) is 0 Å². The van der Waals surface area contributed by atoms with E-state index in [0.29, 0.717) is 0 Å². The molecule has 0 aromatic heterocycles. The molecule has 0 rings (SSSR count). The van der Waals surface area contributed by atoms with Crippen LogP contribution in [0.5, 0.6) is 0 Å². The Bertz CT molecular complexity index is 641. The van der Waals surface area contributed by atoms with Crippen molar-refractivity contribution in [2.45, 2.75) is 59.4 Å². The monoisotopic (exact) mass is 434 g/mol. The molecule has 0 aromatic carbocycles. The van der Waals surface area contributed by atoms with Gasteiger partial charge < -0.3 is 28.4 Å². The molecule has 170 valence electrons. The number of carbonyl (C=O) groups excluding carboxylic acids is 6. The first-order valence-corrected chi connectivity index (χ1v) is 8.84. The van der Waals surface area contributed by atoms with E-state index >= 15 is 0 Å². The lowest BCUT2D eigenvalue weighted by molar-refractivity contribution is -0.178. The fraction of sp³-hybridized carbons (Fsp3) is 0.667. The average molecular weight is 434 g/mol. The third-order valence-corrected chi connectivity index (χ3v) is 3.10. The molecule has 0 heterocycles. The smallest absolute Gasteiger partial charge is 0.309 e. The highest BCUT2D eigenvalue weighted by Gasteiger charge is 2.32. The van der Waals surface area contributed by atoms with Crippen LogP contribution in [0.4, 0.5) is 0 Å². The minimum atomic E-state index is -1.31. The predicted octanol–water partition coefficient (Wildman–Crippen LogP) is -0.159. The van der Waals surface area contributed by atoms with Crippen molar-refractivity contribution in [2.24, 2.45) is 0 Å². The van der Waals surface area contributed by atoms with Gasteiger partial charge in [-0.1, -0.05) is 0 Å². The molecule has 0 bridgehead atoms. The summed E-state index contributed by atoms with van der Waals surface area (Å²) in [5.41, 5.74) is 0. The van der Waals surface area contributed by atoms with Crippen LogP contribution in [0.2, 0.25) is 0 Å². The van der Waals surface area contributed by atoms with Gasteiger partial charge in [-0.25, -0.2) is 0 Å². The molecule has 0 N–H and O–H groups in total. The fourth-order valence-electron chi connectivity index (χ4n) is 2.06. The van der Waals surface area contributed by atoms with E-state index in [1.807, 2.05) is 0 Å². The van der Waals surface area contributed by atoms with Crippen molar-refractivity contribution in [3.05, 3.63) is 0 Å². The summed E-state index contributed by atoms with van der Waals surface area (Å²) < 4.78 is 29.4. The van der Waals surface area contributed by atoms with Gasteiger partial charge in [-0.05, 0) is 0 Å². The van der Waals surface area contributed by atoms with Crippen molar-refractivity contribution in [1.82, 2.24) is 0 Å². The molecule has 0 aliphatic rings. The maximum Gasteiger partial charge on any atom is 0.309 e. The highest BCUT2D eigenvalue weighted by molar-refractivity contribution is 5.72. The van der Waals surface area contributed by atoms with Crippen LogP contribution in [-0.2, 0) is 57.2 Å². The summed E-state index contributed by atoms with van der Waals surface area (Å²) in [4.78, 5) is 67.9. The van der Waals surface area contributed by atoms with Crippen molar-refractivity contribution in [2.75, 3.05) is 19.8 Å². The maximum atomic E-state index is 12.2. The summed E-state index contributed by atoms with van der Waals surface area (Å²) in [6.45, 7) is 4.32. The van der Waals surface area contributed by atoms with Crippen molar-refractivity contribution < 1.29 is 57.2 Å². The van der Waals surface area contributed by atoms with Gasteiger partial charge in [0.05, 0.1) is 6.42 Å². The number of rotatable bonds is 12. The molecular weight excluding hydrogens is 408 g/mol. The maximum absolute atomic E-state index is 12.2. The van der Waals surface area contributed by atoms with Crippen LogP contribution >= 0.6 is 0 Å². The number of hydrogen-bond donors (Lipinski definition) is 0. The molecule has 0 saturated heterocycles. The molecule has 0 saturated carbocycles. The SMILES string of the molecule is CC(=O)OCC(COC(=O)CC(OC(C)=O)C(COC(C)=O)OC(C)=O)OC(C)=O. The lowest BCUT2D eigenvalue weighted by Crippen LogP contribution is -2.40. The molecule has 3 unspecified atom stereocenters. The van der Waals surface area contributed by atoms with Crippen LogP contribution in [0.3, 0.4) is 0 Å². The first kappa shape index (κ1) is 26.8. The van der Waals surface area contributed by atoms with Crippen LogP contribution in [-0.4, -0.2) is 73.9 Å². The second-order valence-electron chi connectivity index (χ2n) is 6.02. The van der Waals surface area contributed by atoms with Gasteiger partial charge in [-0.15, -0.1) is 0 Å². The van der Waals surface area contributed by atoms with Gasteiger partial charge in [0, 0.05) is 34.6 Å². The summed E-state index contributed by atoms with van der Waals surface area (Å²) in [5.74, 6) is -4.41. The molecule has 12 nitrogen and oxygen atoms in total. The zero-order valence-corrected chi connectivity index (χ0v) is 17.5. The summed E-state index contributed by atoms with van der Waals surface area (Å²) in [5, 5.41) is 0. The Morgan fingerprint density at radius 1 is 0.533 bits per heavy atom. The van der Waals surface area contributed by atoms with E-state index in [-0.39, 0.29) is 6.61 Å². The Balaban J connectivity index is 5.09. The largest absolute Gasteiger partial charge is 0.462 e. The molecule has 0 aliphatic heterocycles. The molecule has 0 radical (unpaired) electrons. The van der Waals surface area contributed by atoms with Crippen molar-refractivity contribution >= 4 is 35.8 Å². The first-order chi connectivity index (χ1) is 13.9. The van der Waals surface area contributed by atoms with Crippen molar-refractivity contribution in [1.29, 1.82) is 0 Å². The highest BCUT2D eigenvalue weighted by atomic mass is 16.6. The minimum Gasteiger partial charge on any atom is -0.462 e. The van der Waals surface area contributed by atoms with Crippen LogP contribution < -0.4 is 0 Å². The van der Waals surface area contributed by atoms with Crippen LogP contribution in [0, 0.1) is 0 Å². The van der Waals surface area contributed by atoms with Gasteiger partial charge in [0.1, 0.15) is 19.8 Å². The summed E-state index contributed by atoms with van der Waals surface area (Å²) in [6, 6.07) is 0. The summed E-state index contributed by atoms with van der Waals surface area (Å²) >= 11 is 0. The van der Waals surface area contributed by atoms with Crippen molar-refractivity contribution in [3.8, 4) is 0 Å². The molecule has 0 amide bonds. The second-order valence-corrected chi connectivity index (χ2v) is 6.02. The zero-order valence-electron chi connectivity index (χ0n) is 17.5. The van der Waals surface area contributed by atoms with Crippen LogP contribution in [0.1, 0.15) is 41.0 Å². The van der Waals surface area contributed by atoms with E-state index in [1.54, 1.807) is 0 Å². The molecule has 0 fully saturated rings. The first-order valence-electron chi connectivity index (χ1n) is 8.84. The number of carbonyl (C=O) groups is 6. The lowest BCUT2D eigenvalue weighted by Gasteiger charge is -2.25. The van der Waals surface area contributed by atoms with Gasteiger partial charge >= 0.3 is 35.8 Å². The number of ether oxygens (including phenoxy) is 6. The molecule has 0 aromatic rings.